The molecule has 0 amide bonds. The van der Waals surface area contributed by atoms with Crippen LogP contribution in [0.4, 0.5) is 0 Å². The number of nitrogens with zero attached hydrogens (tertiary/aromatic N) is 1. The molecule has 0 unspecified atom stereocenters. The maximum absolute atomic E-state index is 12.5. The van der Waals surface area contributed by atoms with Crippen molar-refractivity contribution in [2.24, 2.45) is 4.99 Å². The summed E-state index contributed by atoms with van der Waals surface area (Å²) in [7, 11) is 0. The van der Waals surface area contributed by atoms with Crippen molar-refractivity contribution in [1.82, 2.24) is 0 Å². The predicted octanol–water partition coefficient (Wildman–Crippen LogP) is 4.96. The predicted molar refractivity (Wildman–Crippen MR) is 121 cm³/mol. The zero-order valence-electron chi connectivity index (χ0n) is 17.7. The van der Waals surface area contributed by atoms with Crippen LogP contribution in [0.25, 0.3) is 6.08 Å². The number of benzene rings is 3. The lowest BCUT2D eigenvalue weighted by Crippen LogP contribution is -2.10. The fourth-order valence-electron chi connectivity index (χ4n) is 3.17. The van der Waals surface area contributed by atoms with Crippen LogP contribution in [0.3, 0.4) is 0 Å². The molecule has 4 rings (SSSR count). The zero-order chi connectivity index (χ0) is 22.5. The summed E-state index contributed by atoms with van der Waals surface area (Å²) < 4.78 is 16.5. The number of carbonyl (C=O) groups excluding carboxylic acids is 2. The fourth-order valence-corrected chi connectivity index (χ4v) is 3.17. The molecule has 160 valence electrons. The van der Waals surface area contributed by atoms with Gasteiger partial charge in [-0.2, -0.15) is 0 Å². The molecule has 3 aromatic rings. The summed E-state index contributed by atoms with van der Waals surface area (Å²) in [4.78, 5) is 29.1. The third kappa shape index (κ3) is 4.75. The average molecular weight is 427 g/mol. The number of cyclic esters (lactones) is 1. The molecule has 0 aliphatic carbocycles. The first-order chi connectivity index (χ1) is 15.5. The van der Waals surface area contributed by atoms with Gasteiger partial charge in [0.1, 0.15) is 0 Å². The van der Waals surface area contributed by atoms with E-state index in [1.807, 2.05) is 50.2 Å². The van der Waals surface area contributed by atoms with Crippen LogP contribution in [0.1, 0.15) is 34.0 Å². The molecule has 1 heterocycles. The zero-order valence-corrected chi connectivity index (χ0v) is 17.7. The third-order valence-corrected chi connectivity index (χ3v) is 4.67. The van der Waals surface area contributed by atoms with Crippen LogP contribution in [0, 0.1) is 6.92 Å². The Morgan fingerprint density at radius 1 is 1.00 bits per heavy atom. The molecule has 0 saturated heterocycles. The maximum Gasteiger partial charge on any atom is 0.363 e. The molecular weight excluding hydrogens is 406 g/mol. The first-order valence-electron chi connectivity index (χ1n) is 10.2. The summed E-state index contributed by atoms with van der Waals surface area (Å²) in [6, 6.07) is 21.4. The van der Waals surface area contributed by atoms with E-state index in [4.69, 9.17) is 14.2 Å². The number of esters is 2. The van der Waals surface area contributed by atoms with Crippen molar-refractivity contribution in [3.05, 3.63) is 101 Å². The van der Waals surface area contributed by atoms with Crippen LogP contribution in [0.15, 0.2) is 83.5 Å². The van der Waals surface area contributed by atoms with Crippen molar-refractivity contribution in [3.8, 4) is 11.5 Å². The lowest BCUT2D eigenvalue weighted by atomic mass is 10.1. The summed E-state index contributed by atoms with van der Waals surface area (Å²) in [5.41, 5.74) is 2.97. The number of hydrogen-bond acceptors (Lipinski definition) is 6. The summed E-state index contributed by atoms with van der Waals surface area (Å²) >= 11 is 0. The highest BCUT2D eigenvalue weighted by molar-refractivity contribution is 6.12. The monoisotopic (exact) mass is 427 g/mol. The van der Waals surface area contributed by atoms with E-state index in [2.05, 4.69) is 4.99 Å². The van der Waals surface area contributed by atoms with E-state index in [1.165, 1.54) is 0 Å². The number of hydrogen-bond donors (Lipinski definition) is 0. The molecule has 32 heavy (non-hydrogen) atoms. The molecule has 6 heteroatoms. The molecule has 0 bridgehead atoms. The number of carbonyl (C=O) groups is 2. The van der Waals surface area contributed by atoms with Gasteiger partial charge in [-0.25, -0.2) is 14.6 Å². The highest BCUT2D eigenvalue weighted by atomic mass is 16.6. The number of rotatable bonds is 6. The molecule has 0 aromatic heterocycles. The Hall–Kier alpha value is -4.19. The number of aryl methyl sites for hydroxylation is 1. The average Bonchev–Trinajstić information content (AvgIpc) is 3.16. The molecule has 0 spiro atoms. The minimum atomic E-state index is -0.531. The van der Waals surface area contributed by atoms with E-state index in [0.717, 1.165) is 11.1 Å². The van der Waals surface area contributed by atoms with Gasteiger partial charge in [-0.3, -0.25) is 0 Å². The van der Waals surface area contributed by atoms with Gasteiger partial charge in [0.2, 0.25) is 5.90 Å². The summed E-state index contributed by atoms with van der Waals surface area (Å²) in [5, 5.41) is 0. The molecule has 0 N–H and O–H groups in total. The largest absolute Gasteiger partial charge is 0.490 e. The van der Waals surface area contributed by atoms with Gasteiger partial charge in [0.25, 0.3) is 0 Å². The second-order valence-electron chi connectivity index (χ2n) is 7.10. The van der Waals surface area contributed by atoms with Gasteiger partial charge in [-0.1, -0.05) is 42.0 Å². The van der Waals surface area contributed by atoms with Crippen LogP contribution in [-0.2, 0) is 9.53 Å². The van der Waals surface area contributed by atoms with Gasteiger partial charge in [0.15, 0.2) is 17.2 Å². The van der Waals surface area contributed by atoms with Gasteiger partial charge in [-0.15, -0.1) is 0 Å². The van der Waals surface area contributed by atoms with E-state index >= 15 is 0 Å². The second kappa shape index (κ2) is 9.31. The van der Waals surface area contributed by atoms with Crippen molar-refractivity contribution >= 4 is 23.9 Å². The van der Waals surface area contributed by atoms with Crippen LogP contribution in [0.2, 0.25) is 0 Å². The molecule has 0 fully saturated rings. The number of aliphatic imine (C=N–C) groups is 1. The third-order valence-electron chi connectivity index (χ3n) is 4.67. The molecule has 0 atom stereocenters. The smallest absolute Gasteiger partial charge is 0.363 e. The summed E-state index contributed by atoms with van der Waals surface area (Å²) in [5.74, 6) is -0.0611. The number of ether oxygens (including phenoxy) is 3. The van der Waals surface area contributed by atoms with E-state index in [-0.39, 0.29) is 11.6 Å². The maximum atomic E-state index is 12.5. The lowest BCUT2D eigenvalue weighted by Gasteiger charge is -2.11. The van der Waals surface area contributed by atoms with Crippen molar-refractivity contribution < 1.29 is 23.8 Å². The van der Waals surface area contributed by atoms with Gasteiger partial charge >= 0.3 is 11.9 Å². The van der Waals surface area contributed by atoms with Crippen molar-refractivity contribution in [1.29, 1.82) is 0 Å². The summed E-state index contributed by atoms with van der Waals surface area (Å²) in [6.45, 7) is 4.12. The Balaban J connectivity index is 1.59. The topological polar surface area (TPSA) is 74.2 Å². The van der Waals surface area contributed by atoms with Crippen LogP contribution >= 0.6 is 0 Å². The van der Waals surface area contributed by atoms with Gasteiger partial charge in [0.05, 0.1) is 12.2 Å². The van der Waals surface area contributed by atoms with Gasteiger partial charge in [-0.05, 0) is 61.9 Å². The Kier molecular flexibility index (Phi) is 6.12. The first kappa shape index (κ1) is 21.1. The molecule has 6 nitrogen and oxygen atoms in total. The van der Waals surface area contributed by atoms with E-state index in [1.54, 1.807) is 42.5 Å². The van der Waals surface area contributed by atoms with Crippen LogP contribution in [0.5, 0.6) is 11.5 Å². The molecule has 1 aliphatic rings. The molecule has 0 radical (unpaired) electrons. The highest BCUT2D eigenvalue weighted by Crippen LogP contribution is 2.31. The van der Waals surface area contributed by atoms with Crippen LogP contribution in [-0.4, -0.2) is 24.4 Å². The van der Waals surface area contributed by atoms with Crippen molar-refractivity contribution in [2.45, 2.75) is 13.8 Å². The second-order valence-corrected chi connectivity index (χ2v) is 7.10. The van der Waals surface area contributed by atoms with Crippen LogP contribution < -0.4 is 9.47 Å². The van der Waals surface area contributed by atoms with Gasteiger partial charge < -0.3 is 14.2 Å². The van der Waals surface area contributed by atoms with Crippen molar-refractivity contribution in [2.75, 3.05) is 6.61 Å². The minimum absolute atomic E-state index is 0.177. The molecule has 1 aliphatic heterocycles. The normalized spacial score (nSPS) is 14.1. The highest BCUT2D eigenvalue weighted by Gasteiger charge is 2.24. The van der Waals surface area contributed by atoms with E-state index in [9.17, 15) is 9.59 Å². The fraction of sp³-hybridized carbons (Fsp3) is 0.115. The Bertz CT molecular complexity index is 1230. The van der Waals surface area contributed by atoms with Crippen molar-refractivity contribution in [3.63, 3.8) is 0 Å². The quantitative estimate of drug-likeness (QED) is 0.316. The molecule has 0 saturated carbocycles. The van der Waals surface area contributed by atoms with E-state index < -0.39 is 11.9 Å². The minimum Gasteiger partial charge on any atom is -0.490 e. The summed E-state index contributed by atoms with van der Waals surface area (Å²) in [6.07, 6.45) is 1.60. The van der Waals surface area contributed by atoms with Gasteiger partial charge in [0, 0.05) is 5.56 Å². The standard InChI is InChI=1S/C26H21NO5/c1-3-30-23-16-18(12-13-22(23)31-25(28)20-11-7-8-17(2)14-20)15-21-26(29)32-24(27-21)19-9-5-4-6-10-19/h4-16H,3H2,1-2H3/b21-15-. The Morgan fingerprint density at radius 3 is 2.56 bits per heavy atom. The van der Waals surface area contributed by atoms with E-state index in [0.29, 0.717) is 29.2 Å². The SMILES string of the molecule is CCOc1cc(/C=C2\N=C(c3ccccc3)OC2=O)ccc1OC(=O)c1cccc(C)c1. The Labute approximate surface area is 185 Å². The Morgan fingerprint density at radius 2 is 1.81 bits per heavy atom. The lowest BCUT2D eigenvalue weighted by molar-refractivity contribution is -0.129. The first-order valence-corrected chi connectivity index (χ1v) is 10.2. The molecular formula is C26H21NO5. The molecule has 3 aromatic carbocycles.